The van der Waals surface area contributed by atoms with Gasteiger partial charge in [-0.3, -0.25) is 10.1 Å². The van der Waals surface area contributed by atoms with Gasteiger partial charge >= 0.3 is 0 Å². The van der Waals surface area contributed by atoms with Gasteiger partial charge in [-0.05, 0) is 37.5 Å². The second kappa shape index (κ2) is 9.45. The molecule has 2 N–H and O–H groups in total. The minimum Gasteiger partial charge on any atom is -0.296 e. The standard InChI is InChI=1S/C19H19ClN4O3S2/c1-13-6-4-7-14(12-13)8-5-11-21-29(26,27)19-24-23-18(28-19)22-17(25)15-9-2-3-10-16(15)20/h2-4,6-7,9-10,12,21H,5,8,11H2,1H3,(H,22,23,25). The summed E-state index contributed by atoms with van der Waals surface area (Å²) in [5.74, 6) is -0.484. The fourth-order valence-electron chi connectivity index (χ4n) is 2.61. The van der Waals surface area contributed by atoms with Gasteiger partial charge in [0.25, 0.3) is 15.9 Å². The van der Waals surface area contributed by atoms with Crippen molar-refractivity contribution in [3.8, 4) is 0 Å². The van der Waals surface area contributed by atoms with Crippen LogP contribution in [-0.4, -0.2) is 31.1 Å². The number of aromatic nitrogens is 2. The molecule has 0 saturated carbocycles. The maximum atomic E-state index is 12.4. The van der Waals surface area contributed by atoms with Crippen molar-refractivity contribution in [1.82, 2.24) is 14.9 Å². The first-order valence-corrected chi connectivity index (χ1v) is 11.5. The molecule has 0 aliphatic rings. The predicted octanol–water partition coefficient (Wildman–Crippen LogP) is 3.66. The maximum absolute atomic E-state index is 12.4. The molecule has 0 aliphatic carbocycles. The monoisotopic (exact) mass is 450 g/mol. The summed E-state index contributed by atoms with van der Waals surface area (Å²) in [6.07, 6.45) is 1.41. The molecule has 10 heteroatoms. The molecule has 0 fully saturated rings. The van der Waals surface area contributed by atoms with Crippen molar-refractivity contribution in [2.75, 3.05) is 11.9 Å². The lowest BCUT2D eigenvalue weighted by molar-refractivity contribution is 0.102. The number of nitrogens with zero attached hydrogens (tertiary/aromatic N) is 2. The van der Waals surface area contributed by atoms with E-state index in [2.05, 4.69) is 26.3 Å². The average molecular weight is 451 g/mol. The van der Waals surface area contributed by atoms with E-state index in [0.29, 0.717) is 6.42 Å². The number of benzene rings is 2. The maximum Gasteiger partial charge on any atom is 0.269 e. The van der Waals surface area contributed by atoms with Crippen LogP contribution in [0, 0.1) is 6.92 Å². The van der Waals surface area contributed by atoms with Crippen LogP contribution >= 0.6 is 22.9 Å². The molecule has 0 atom stereocenters. The second-order valence-corrected chi connectivity index (χ2v) is 9.62. The van der Waals surface area contributed by atoms with E-state index in [1.807, 2.05) is 25.1 Å². The highest BCUT2D eigenvalue weighted by atomic mass is 35.5. The summed E-state index contributed by atoms with van der Waals surface area (Å²) in [5, 5.41) is 10.3. The summed E-state index contributed by atoms with van der Waals surface area (Å²) in [7, 11) is -3.79. The van der Waals surface area contributed by atoms with Crippen LogP contribution in [0.2, 0.25) is 5.02 Å². The van der Waals surface area contributed by atoms with E-state index < -0.39 is 15.9 Å². The minimum atomic E-state index is -3.79. The van der Waals surface area contributed by atoms with Crippen LogP contribution < -0.4 is 10.0 Å². The zero-order valence-corrected chi connectivity index (χ0v) is 17.9. The van der Waals surface area contributed by atoms with Crippen molar-refractivity contribution in [2.24, 2.45) is 0 Å². The Labute approximate surface area is 178 Å². The Hall–Kier alpha value is -2.33. The Morgan fingerprint density at radius 2 is 1.93 bits per heavy atom. The number of hydrogen-bond acceptors (Lipinski definition) is 6. The molecule has 29 heavy (non-hydrogen) atoms. The van der Waals surface area contributed by atoms with Gasteiger partial charge in [-0.2, -0.15) is 0 Å². The quantitative estimate of drug-likeness (QED) is 0.403. The number of halogens is 1. The molecule has 3 aromatic rings. The van der Waals surface area contributed by atoms with Crippen LogP contribution in [0.5, 0.6) is 0 Å². The van der Waals surface area contributed by atoms with E-state index in [4.69, 9.17) is 11.6 Å². The van der Waals surface area contributed by atoms with Gasteiger partial charge in [0.05, 0.1) is 10.6 Å². The fraction of sp³-hybridized carbons (Fsp3) is 0.211. The molecule has 1 heterocycles. The van der Waals surface area contributed by atoms with E-state index in [-0.39, 0.29) is 26.6 Å². The highest BCUT2D eigenvalue weighted by molar-refractivity contribution is 7.91. The van der Waals surface area contributed by atoms with E-state index >= 15 is 0 Å². The first-order chi connectivity index (χ1) is 13.8. The van der Waals surface area contributed by atoms with Crippen LogP contribution in [-0.2, 0) is 16.4 Å². The Morgan fingerprint density at radius 1 is 1.14 bits per heavy atom. The summed E-state index contributed by atoms with van der Waals surface area (Å²) in [6, 6.07) is 14.6. The second-order valence-electron chi connectivity index (χ2n) is 6.30. The van der Waals surface area contributed by atoms with Crippen LogP contribution in [0.15, 0.2) is 52.9 Å². The lowest BCUT2D eigenvalue weighted by Gasteiger charge is -2.05. The zero-order valence-electron chi connectivity index (χ0n) is 15.6. The molecular formula is C19H19ClN4O3S2. The van der Waals surface area contributed by atoms with Crippen molar-refractivity contribution in [2.45, 2.75) is 24.1 Å². The van der Waals surface area contributed by atoms with Gasteiger partial charge in [0.2, 0.25) is 9.47 Å². The van der Waals surface area contributed by atoms with Gasteiger partial charge in [0.15, 0.2) is 0 Å². The van der Waals surface area contributed by atoms with Crippen molar-refractivity contribution in [1.29, 1.82) is 0 Å². The number of rotatable bonds is 8. The first kappa shape index (κ1) is 21.4. The number of carbonyl (C=O) groups is 1. The summed E-state index contributed by atoms with van der Waals surface area (Å²) in [6.45, 7) is 2.29. The van der Waals surface area contributed by atoms with Crippen LogP contribution in [0.3, 0.4) is 0 Å². The molecule has 0 saturated heterocycles. The van der Waals surface area contributed by atoms with Crippen LogP contribution in [0.4, 0.5) is 5.13 Å². The van der Waals surface area contributed by atoms with Crippen molar-refractivity contribution in [3.05, 3.63) is 70.2 Å². The lowest BCUT2D eigenvalue weighted by atomic mass is 10.1. The van der Waals surface area contributed by atoms with Crippen molar-refractivity contribution >= 4 is 44.0 Å². The lowest BCUT2D eigenvalue weighted by Crippen LogP contribution is -2.25. The third-order valence-electron chi connectivity index (χ3n) is 3.99. The summed E-state index contributed by atoms with van der Waals surface area (Å²) in [5.41, 5.74) is 2.59. The van der Waals surface area contributed by atoms with Gasteiger partial charge in [0.1, 0.15) is 0 Å². The highest BCUT2D eigenvalue weighted by Crippen LogP contribution is 2.22. The Balaban J connectivity index is 1.55. The van der Waals surface area contributed by atoms with Gasteiger partial charge in [-0.25, -0.2) is 13.1 Å². The zero-order chi connectivity index (χ0) is 20.9. The highest BCUT2D eigenvalue weighted by Gasteiger charge is 2.21. The fourth-order valence-corrected chi connectivity index (χ4v) is 4.84. The van der Waals surface area contributed by atoms with Gasteiger partial charge in [0, 0.05) is 6.54 Å². The molecule has 0 unspecified atom stereocenters. The molecule has 0 radical (unpaired) electrons. The summed E-state index contributed by atoms with van der Waals surface area (Å²) in [4.78, 5) is 12.2. The van der Waals surface area contributed by atoms with E-state index in [1.54, 1.807) is 24.3 Å². The number of aryl methyl sites for hydroxylation is 2. The Kier molecular flexibility index (Phi) is 6.96. The third-order valence-corrected chi connectivity index (χ3v) is 6.99. The smallest absolute Gasteiger partial charge is 0.269 e. The van der Waals surface area contributed by atoms with E-state index in [9.17, 15) is 13.2 Å². The largest absolute Gasteiger partial charge is 0.296 e. The minimum absolute atomic E-state index is 0.0788. The van der Waals surface area contributed by atoms with Crippen molar-refractivity contribution < 1.29 is 13.2 Å². The SMILES string of the molecule is Cc1cccc(CCCNS(=O)(=O)c2nnc(NC(=O)c3ccccc3Cl)s2)c1. The molecular weight excluding hydrogens is 432 g/mol. The first-order valence-electron chi connectivity index (χ1n) is 8.80. The molecule has 152 valence electrons. The molecule has 2 aromatic carbocycles. The number of carbonyl (C=O) groups excluding carboxylic acids is 1. The van der Waals surface area contributed by atoms with Crippen molar-refractivity contribution in [3.63, 3.8) is 0 Å². The molecule has 3 rings (SSSR count). The number of hydrogen-bond donors (Lipinski definition) is 2. The van der Waals surface area contributed by atoms with Crippen LogP contribution in [0.25, 0.3) is 0 Å². The van der Waals surface area contributed by atoms with E-state index in [1.165, 1.54) is 5.56 Å². The third kappa shape index (κ3) is 5.83. The summed E-state index contributed by atoms with van der Waals surface area (Å²) < 4.78 is 27.1. The number of sulfonamides is 1. The molecule has 0 bridgehead atoms. The van der Waals surface area contributed by atoms with Gasteiger partial charge < -0.3 is 0 Å². The molecule has 7 nitrogen and oxygen atoms in total. The van der Waals surface area contributed by atoms with Gasteiger partial charge in [-0.1, -0.05) is 64.9 Å². The molecule has 0 spiro atoms. The number of nitrogens with one attached hydrogen (secondary N) is 2. The van der Waals surface area contributed by atoms with Gasteiger partial charge in [-0.15, -0.1) is 10.2 Å². The topological polar surface area (TPSA) is 101 Å². The summed E-state index contributed by atoms with van der Waals surface area (Å²) >= 11 is 6.76. The average Bonchev–Trinajstić information content (AvgIpc) is 3.15. The molecule has 1 amide bonds. The van der Waals surface area contributed by atoms with Crippen LogP contribution in [0.1, 0.15) is 27.9 Å². The Morgan fingerprint density at radius 3 is 2.69 bits per heavy atom. The predicted molar refractivity (Wildman–Crippen MR) is 114 cm³/mol. The molecule has 0 aliphatic heterocycles. The number of anilines is 1. The normalized spacial score (nSPS) is 11.4. The molecule has 1 aromatic heterocycles. The van der Waals surface area contributed by atoms with E-state index in [0.717, 1.165) is 23.3 Å². The Bertz CT molecular complexity index is 1120. The number of amides is 1.